The van der Waals surface area contributed by atoms with Gasteiger partial charge in [0.05, 0.1) is 0 Å². The lowest BCUT2D eigenvalue weighted by Gasteiger charge is -2.04. The summed E-state index contributed by atoms with van der Waals surface area (Å²) in [6.07, 6.45) is 6.51. The maximum Gasteiger partial charge on any atom is 0.0478 e. The number of ether oxygens (including phenoxy) is 1. The van der Waals surface area contributed by atoms with E-state index in [1.807, 2.05) is 6.08 Å². The Morgan fingerprint density at radius 1 is 1.23 bits per heavy atom. The van der Waals surface area contributed by atoms with Gasteiger partial charge in [-0.25, -0.2) is 0 Å². The van der Waals surface area contributed by atoms with Crippen molar-refractivity contribution in [3.63, 3.8) is 0 Å². The van der Waals surface area contributed by atoms with Crippen molar-refractivity contribution in [3.05, 3.63) is 12.7 Å². The second-order valence-electron chi connectivity index (χ2n) is 3.15. The van der Waals surface area contributed by atoms with Gasteiger partial charge in [-0.2, -0.15) is 0 Å². The van der Waals surface area contributed by atoms with E-state index >= 15 is 0 Å². The van der Waals surface area contributed by atoms with Crippen LogP contribution in [0, 0.1) is 0 Å². The summed E-state index contributed by atoms with van der Waals surface area (Å²) in [6.45, 7) is 9.77. The van der Waals surface area contributed by atoms with Crippen molar-refractivity contribution in [1.82, 2.24) is 5.32 Å². The molecule has 0 aromatic carbocycles. The van der Waals surface area contributed by atoms with Crippen LogP contribution in [0.3, 0.4) is 0 Å². The van der Waals surface area contributed by atoms with Crippen molar-refractivity contribution in [2.24, 2.45) is 0 Å². The van der Waals surface area contributed by atoms with E-state index in [1.54, 1.807) is 0 Å². The smallest absolute Gasteiger partial charge is 0.0478 e. The van der Waals surface area contributed by atoms with Gasteiger partial charge >= 0.3 is 0 Å². The Morgan fingerprint density at radius 2 is 2.00 bits per heavy atom. The van der Waals surface area contributed by atoms with E-state index in [9.17, 15) is 0 Å². The van der Waals surface area contributed by atoms with Gasteiger partial charge in [0.2, 0.25) is 0 Å². The molecule has 0 fully saturated rings. The van der Waals surface area contributed by atoms with E-state index in [0.29, 0.717) is 0 Å². The predicted octanol–water partition coefficient (Wildman–Crippen LogP) is 2.36. The van der Waals surface area contributed by atoms with Crippen LogP contribution in [0.5, 0.6) is 0 Å². The van der Waals surface area contributed by atoms with Crippen molar-refractivity contribution in [3.8, 4) is 0 Å². The maximum absolute atomic E-state index is 5.35. The van der Waals surface area contributed by atoms with Gasteiger partial charge < -0.3 is 10.1 Å². The average molecular weight is 185 g/mol. The van der Waals surface area contributed by atoms with Crippen LogP contribution in [0.4, 0.5) is 0 Å². The molecule has 0 aliphatic carbocycles. The molecule has 0 saturated carbocycles. The molecule has 1 N–H and O–H groups in total. The molecule has 0 atom stereocenters. The van der Waals surface area contributed by atoms with Crippen LogP contribution in [0.15, 0.2) is 12.7 Å². The fraction of sp³-hybridized carbons (Fsp3) is 0.818. The Labute approximate surface area is 82.4 Å². The summed E-state index contributed by atoms with van der Waals surface area (Å²) in [5.74, 6) is 0. The van der Waals surface area contributed by atoms with Crippen molar-refractivity contribution in [2.75, 3.05) is 26.3 Å². The second kappa shape index (κ2) is 11.7. The highest BCUT2D eigenvalue weighted by atomic mass is 16.5. The predicted molar refractivity (Wildman–Crippen MR) is 58.0 cm³/mol. The number of allylic oxidation sites excluding steroid dienone is 1. The molecule has 0 saturated heterocycles. The minimum absolute atomic E-state index is 0.891. The molecule has 0 aliphatic rings. The van der Waals surface area contributed by atoms with E-state index in [-0.39, 0.29) is 0 Å². The fourth-order valence-corrected chi connectivity index (χ4v) is 1.04. The van der Waals surface area contributed by atoms with Gasteiger partial charge in [-0.15, -0.1) is 6.58 Å². The highest BCUT2D eigenvalue weighted by molar-refractivity contribution is 4.66. The van der Waals surface area contributed by atoms with Crippen LogP contribution in [-0.2, 0) is 4.74 Å². The van der Waals surface area contributed by atoms with Crippen LogP contribution >= 0.6 is 0 Å². The molecular formula is C11H23NO. The van der Waals surface area contributed by atoms with E-state index in [1.165, 1.54) is 6.42 Å². The van der Waals surface area contributed by atoms with Gasteiger partial charge in [0.15, 0.2) is 0 Å². The molecule has 0 amide bonds. The molecule has 0 radical (unpaired) electrons. The van der Waals surface area contributed by atoms with Crippen LogP contribution in [0.1, 0.15) is 32.6 Å². The van der Waals surface area contributed by atoms with Gasteiger partial charge in [0.1, 0.15) is 0 Å². The third kappa shape index (κ3) is 11.7. The normalized spacial score (nSPS) is 10.2. The molecule has 0 rings (SSSR count). The molecule has 2 nitrogen and oxygen atoms in total. The first-order valence-corrected chi connectivity index (χ1v) is 5.31. The summed E-state index contributed by atoms with van der Waals surface area (Å²) in [6, 6.07) is 0. The SMILES string of the molecule is C=CCCCNCCCOCCC. The zero-order valence-electron chi connectivity index (χ0n) is 8.85. The standard InChI is InChI=1S/C11H23NO/c1-3-5-6-8-12-9-7-11-13-10-4-2/h3,12H,1,4-11H2,2H3. The minimum Gasteiger partial charge on any atom is -0.381 e. The Morgan fingerprint density at radius 3 is 2.69 bits per heavy atom. The lowest BCUT2D eigenvalue weighted by Crippen LogP contribution is -2.18. The van der Waals surface area contributed by atoms with Gasteiger partial charge in [-0.1, -0.05) is 13.0 Å². The number of hydrogen-bond acceptors (Lipinski definition) is 2. The monoisotopic (exact) mass is 185 g/mol. The van der Waals surface area contributed by atoms with Gasteiger partial charge in [-0.05, 0) is 38.8 Å². The third-order valence-electron chi connectivity index (χ3n) is 1.75. The van der Waals surface area contributed by atoms with Crippen molar-refractivity contribution in [1.29, 1.82) is 0 Å². The summed E-state index contributed by atoms with van der Waals surface area (Å²) < 4.78 is 5.35. The minimum atomic E-state index is 0.891. The molecule has 0 bridgehead atoms. The number of nitrogens with one attached hydrogen (secondary N) is 1. The molecule has 0 aromatic rings. The summed E-state index contributed by atoms with van der Waals surface area (Å²) in [5.41, 5.74) is 0. The molecule has 0 spiro atoms. The highest BCUT2D eigenvalue weighted by Gasteiger charge is 1.88. The van der Waals surface area contributed by atoms with E-state index < -0.39 is 0 Å². The Balaban J connectivity index is 2.79. The van der Waals surface area contributed by atoms with Crippen molar-refractivity contribution < 1.29 is 4.74 Å². The average Bonchev–Trinajstić information content (AvgIpc) is 2.16. The van der Waals surface area contributed by atoms with E-state index in [4.69, 9.17) is 4.74 Å². The van der Waals surface area contributed by atoms with E-state index in [2.05, 4.69) is 18.8 Å². The van der Waals surface area contributed by atoms with Gasteiger partial charge in [0, 0.05) is 13.2 Å². The largest absolute Gasteiger partial charge is 0.381 e. The van der Waals surface area contributed by atoms with Gasteiger partial charge in [0.25, 0.3) is 0 Å². The summed E-state index contributed by atoms with van der Waals surface area (Å²) in [7, 11) is 0. The zero-order chi connectivity index (χ0) is 9.78. The topological polar surface area (TPSA) is 21.3 Å². The summed E-state index contributed by atoms with van der Waals surface area (Å²) in [4.78, 5) is 0. The molecule has 0 aromatic heterocycles. The lowest BCUT2D eigenvalue weighted by atomic mass is 10.3. The van der Waals surface area contributed by atoms with Crippen molar-refractivity contribution >= 4 is 0 Å². The molecule has 0 heterocycles. The molecule has 0 aliphatic heterocycles. The lowest BCUT2D eigenvalue weighted by molar-refractivity contribution is 0.132. The molecule has 2 heteroatoms. The van der Waals surface area contributed by atoms with E-state index in [0.717, 1.165) is 45.6 Å². The maximum atomic E-state index is 5.35. The zero-order valence-corrected chi connectivity index (χ0v) is 8.85. The molecule has 78 valence electrons. The van der Waals surface area contributed by atoms with Crippen LogP contribution in [-0.4, -0.2) is 26.3 Å². The third-order valence-corrected chi connectivity index (χ3v) is 1.75. The first-order valence-electron chi connectivity index (χ1n) is 5.31. The molecule has 0 unspecified atom stereocenters. The highest BCUT2D eigenvalue weighted by Crippen LogP contribution is 1.87. The second-order valence-corrected chi connectivity index (χ2v) is 3.15. The number of unbranched alkanes of at least 4 members (excludes halogenated alkanes) is 1. The number of hydrogen-bond donors (Lipinski definition) is 1. The Bertz CT molecular complexity index is 104. The Kier molecular flexibility index (Phi) is 11.4. The quantitative estimate of drug-likeness (QED) is 0.417. The van der Waals surface area contributed by atoms with Crippen LogP contribution < -0.4 is 5.32 Å². The van der Waals surface area contributed by atoms with Crippen LogP contribution in [0.2, 0.25) is 0 Å². The van der Waals surface area contributed by atoms with Crippen molar-refractivity contribution in [2.45, 2.75) is 32.6 Å². The number of rotatable bonds is 10. The first kappa shape index (κ1) is 12.7. The summed E-state index contributed by atoms with van der Waals surface area (Å²) in [5, 5.41) is 3.37. The first-order chi connectivity index (χ1) is 6.41. The van der Waals surface area contributed by atoms with Gasteiger partial charge in [-0.3, -0.25) is 0 Å². The molecule has 13 heavy (non-hydrogen) atoms. The van der Waals surface area contributed by atoms with Crippen LogP contribution in [0.25, 0.3) is 0 Å². The Hall–Kier alpha value is -0.340. The summed E-state index contributed by atoms with van der Waals surface area (Å²) >= 11 is 0. The fourth-order valence-electron chi connectivity index (χ4n) is 1.04. The molecular weight excluding hydrogens is 162 g/mol.